The highest BCUT2D eigenvalue weighted by Crippen LogP contribution is 2.97. The Balaban J connectivity index is 3.67. The SMILES string of the molecule is FCCCCCCS(F)(F)(F)(F)F. The molecule has 0 bridgehead atoms. The molecule has 0 heterocycles. The van der Waals surface area contributed by atoms with Gasteiger partial charge >= 0.3 is 0 Å². The summed E-state index contributed by atoms with van der Waals surface area (Å²) in [5.74, 6) is -2.02. The van der Waals surface area contributed by atoms with Crippen molar-refractivity contribution < 1.29 is 23.8 Å². The van der Waals surface area contributed by atoms with E-state index in [2.05, 4.69) is 0 Å². The Hall–Kier alpha value is -0.0700. The Morgan fingerprint density at radius 2 is 1.15 bits per heavy atom. The smallest absolute Gasteiger partial charge is 0.251 e. The average Bonchev–Trinajstić information content (AvgIpc) is 1.82. The largest absolute Gasteiger partial charge is 0.285 e. The molecule has 0 spiro atoms. The molecule has 0 atom stereocenters. The van der Waals surface area contributed by atoms with E-state index in [-0.39, 0.29) is 19.3 Å². The van der Waals surface area contributed by atoms with Crippen LogP contribution in [0.3, 0.4) is 0 Å². The van der Waals surface area contributed by atoms with E-state index in [1.165, 1.54) is 0 Å². The third kappa shape index (κ3) is 11.9. The van der Waals surface area contributed by atoms with E-state index in [0.29, 0.717) is 0 Å². The summed E-state index contributed by atoms with van der Waals surface area (Å²) in [5.41, 5.74) is 0. The maximum absolute atomic E-state index is 11.7. The summed E-state index contributed by atoms with van der Waals surface area (Å²) in [5, 5.41) is 0. The predicted octanol–water partition coefficient (Wildman–Crippen LogP) is 4.81. The second-order valence-electron chi connectivity index (χ2n) is 2.94. The second kappa shape index (κ2) is 3.25. The molecule has 0 N–H and O–H groups in total. The Labute approximate surface area is 73.0 Å². The van der Waals surface area contributed by atoms with Crippen LogP contribution in [0, 0.1) is 0 Å². The Bertz CT molecular complexity index is 157. The molecule has 0 aliphatic carbocycles. The van der Waals surface area contributed by atoms with E-state index in [1.807, 2.05) is 0 Å². The Kier molecular flexibility index (Phi) is 3.24. The van der Waals surface area contributed by atoms with E-state index in [4.69, 9.17) is 0 Å². The fourth-order valence-electron chi connectivity index (χ4n) is 0.823. The van der Waals surface area contributed by atoms with Gasteiger partial charge in [0.15, 0.2) is 0 Å². The lowest BCUT2D eigenvalue weighted by atomic mass is 10.2. The van der Waals surface area contributed by atoms with Crippen molar-refractivity contribution in [1.29, 1.82) is 0 Å². The molecule has 0 aromatic rings. The van der Waals surface area contributed by atoms with Crippen molar-refractivity contribution >= 4 is 10.2 Å². The lowest BCUT2D eigenvalue weighted by Crippen LogP contribution is -2.10. The zero-order chi connectivity index (χ0) is 10.7. The van der Waals surface area contributed by atoms with Crippen molar-refractivity contribution in [2.75, 3.05) is 12.4 Å². The third-order valence-electron chi connectivity index (χ3n) is 1.41. The molecule has 0 aromatic carbocycles. The fourth-order valence-corrected chi connectivity index (χ4v) is 1.57. The van der Waals surface area contributed by atoms with Crippen molar-refractivity contribution in [2.45, 2.75) is 25.7 Å². The summed E-state index contributed by atoms with van der Waals surface area (Å²) in [6.45, 7) is -0.615. The molecule has 0 aliphatic heterocycles. The number of unbranched alkanes of at least 4 members (excludes halogenated alkanes) is 3. The normalized spacial score (nSPS) is 18.0. The van der Waals surface area contributed by atoms with Gasteiger partial charge in [-0.15, -0.1) is 0 Å². The van der Waals surface area contributed by atoms with Crippen molar-refractivity contribution in [3.05, 3.63) is 0 Å². The minimum absolute atomic E-state index is 0.00444. The number of halogens is 6. The minimum Gasteiger partial charge on any atom is -0.251 e. The van der Waals surface area contributed by atoms with E-state index in [0.717, 1.165) is 0 Å². The number of alkyl halides is 1. The van der Waals surface area contributed by atoms with Crippen LogP contribution in [0.1, 0.15) is 25.7 Å². The van der Waals surface area contributed by atoms with Gasteiger partial charge in [-0.3, -0.25) is 4.39 Å². The fraction of sp³-hybridized carbons (Fsp3) is 1.00. The van der Waals surface area contributed by atoms with Crippen LogP contribution < -0.4 is 0 Å². The third-order valence-corrected chi connectivity index (χ3v) is 2.47. The van der Waals surface area contributed by atoms with Gasteiger partial charge in [0, 0.05) is 0 Å². The molecule has 0 fully saturated rings. The van der Waals surface area contributed by atoms with Crippen molar-refractivity contribution in [1.82, 2.24) is 0 Å². The van der Waals surface area contributed by atoms with Crippen LogP contribution in [0.4, 0.5) is 23.8 Å². The predicted molar refractivity (Wildman–Crippen MR) is 42.4 cm³/mol. The highest BCUT2D eigenvalue weighted by atomic mass is 32.5. The summed E-state index contributed by atoms with van der Waals surface area (Å²) < 4.78 is 69.7. The summed E-state index contributed by atoms with van der Waals surface area (Å²) in [6.07, 6.45) is -0.252. The van der Waals surface area contributed by atoms with Gasteiger partial charge < -0.3 is 0 Å². The van der Waals surface area contributed by atoms with Crippen LogP contribution in [0.15, 0.2) is 0 Å². The molecular formula is C6H12F6S. The monoisotopic (exact) mass is 230 g/mol. The van der Waals surface area contributed by atoms with Crippen LogP contribution in [-0.2, 0) is 0 Å². The van der Waals surface area contributed by atoms with Crippen molar-refractivity contribution in [3.8, 4) is 0 Å². The van der Waals surface area contributed by atoms with E-state index in [1.54, 1.807) is 0 Å². The Morgan fingerprint density at radius 3 is 1.54 bits per heavy atom. The molecule has 0 aromatic heterocycles. The first-order valence-corrected chi connectivity index (χ1v) is 5.95. The molecule has 84 valence electrons. The van der Waals surface area contributed by atoms with Crippen molar-refractivity contribution in [2.24, 2.45) is 0 Å². The number of rotatable bonds is 6. The van der Waals surface area contributed by atoms with Gasteiger partial charge in [-0.1, -0.05) is 32.3 Å². The van der Waals surface area contributed by atoms with Crippen LogP contribution in [0.5, 0.6) is 0 Å². The van der Waals surface area contributed by atoms with Gasteiger partial charge in [0.2, 0.25) is 0 Å². The van der Waals surface area contributed by atoms with Gasteiger partial charge in [-0.2, -0.15) is 0 Å². The molecule has 0 radical (unpaired) electrons. The maximum atomic E-state index is 11.7. The number of hydrogen-bond acceptors (Lipinski definition) is 0. The summed E-state index contributed by atoms with van der Waals surface area (Å²) in [6, 6.07) is 0. The van der Waals surface area contributed by atoms with Crippen LogP contribution in [-0.4, -0.2) is 12.4 Å². The highest BCUT2D eigenvalue weighted by molar-refractivity contribution is 8.45. The molecule has 0 amide bonds. The first-order valence-electron chi connectivity index (χ1n) is 3.83. The molecule has 7 heteroatoms. The highest BCUT2D eigenvalue weighted by Gasteiger charge is 2.62. The first kappa shape index (κ1) is 12.9. The van der Waals surface area contributed by atoms with E-state index in [9.17, 15) is 23.8 Å². The first-order chi connectivity index (χ1) is 5.54. The zero-order valence-electron chi connectivity index (χ0n) is 6.92. The van der Waals surface area contributed by atoms with Gasteiger partial charge in [0.05, 0.1) is 12.4 Å². The summed E-state index contributed by atoms with van der Waals surface area (Å²) in [7, 11) is -9.20. The quantitative estimate of drug-likeness (QED) is 0.453. The van der Waals surface area contributed by atoms with Crippen LogP contribution in [0.25, 0.3) is 0 Å². The zero-order valence-corrected chi connectivity index (χ0v) is 7.74. The lowest BCUT2D eigenvalue weighted by molar-refractivity contribution is 0.360. The molecular weight excluding hydrogens is 218 g/mol. The molecule has 0 unspecified atom stereocenters. The van der Waals surface area contributed by atoms with E-state index >= 15 is 0 Å². The molecule has 0 saturated carbocycles. The Morgan fingerprint density at radius 1 is 0.692 bits per heavy atom. The van der Waals surface area contributed by atoms with E-state index < -0.39 is 29.1 Å². The lowest BCUT2D eigenvalue weighted by Gasteiger charge is -2.40. The average molecular weight is 230 g/mol. The topological polar surface area (TPSA) is 0 Å². The minimum atomic E-state index is -9.20. The standard InChI is InChI=1S/C6H12F6S/c7-5-3-1-2-4-6-13(8,9,10,11)12/h1-6H2. The van der Waals surface area contributed by atoms with Crippen molar-refractivity contribution in [3.63, 3.8) is 0 Å². The summed E-state index contributed by atoms with van der Waals surface area (Å²) in [4.78, 5) is 0. The second-order valence-corrected chi connectivity index (χ2v) is 5.60. The molecule has 13 heavy (non-hydrogen) atoms. The maximum Gasteiger partial charge on any atom is 0.285 e. The van der Waals surface area contributed by atoms with Gasteiger partial charge in [-0.25, -0.2) is 0 Å². The molecule has 0 saturated heterocycles. The van der Waals surface area contributed by atoms with Crippen LogP contribution >= 0.6 is 10.2 Å². The molecule has 0 nitrogen and oxygen atoms in total. The summed E-state index contributed by atoms with van der Waals surface area (Å²) >= 11 is 0. The molecule has 0 aliphatic rings. The number of hydrogen-bond donors (Lipinski definition) is 0. The van der Waals surface area contributed by atoms with Crippen LogP contribution in [0.2, 0.25) is 0 Å². The van der Waals surface area contributed by atoms with Gasteiger partial charge in [0.25, 0.3) is 10.2 Å². The van der Waals surface area contributed by atoms with Gasteiger partial charge in [0.1, 0.15) is 0 Å². The van der Waals surface area contributed by atoms with Gasteiger partial charge in [-0.05, 0) is 12.8 Å². The molecule has 0 rings (SSSR count).